The van der Waals surface area contributed by atoms with Gasteiger partial charge in [-0.2, -0.15) is 4.98 Å². The summed E-state index contributed by atoms with van der Waals surface area (Å²) < 4.78 is 1.94. The molecule has 0 fully saturated rings. The topological polar surface area (TPSA) is 103 Å². The van der Waals surface area contributed by atoms with E-state index < -0.39 is 10.3 Å². The van der Waals surface area contributed by atoms with Crippen LogP contribution in [-0.2, 0) is 11.3 Å². The largest absolute Gasteiger partial charge is 0.337 e. The van der Waals surface area contributed by atoms with Crippen LogP contribution in [0.5, 0.6) is 0 Å². The summed E-state index contributed by atoms with van der Waals surface area (Å²) in [5.41, 5.74) is 2.51. The number of amides is 1. The smallest absolute Gasteiger partial charge is 0.269 e. The molecule has 0 saturated carbocycles. The monoisotopic (exact) mass is 401 g/mol. The number of rotatable bonds is 4. The van der Waals surface area contributed by atoms with Gasteiger partial charge in [-0.3, -0.25) is 20.2 Å². The van der Waals surface area contributed by atoms with Crippen LogP contribution in [0, 0.1) is 22.5 Å². The molecule has 1 amide bonds. The molecule has 3 aromatic rings. The highest BCUT2D eigenvalue weighted by atomic mass is 35.5. The fraction of sp³-hybridized carbons (Fsp3) is 0.316. The predicted octanol–water partition coefficient (Wildman–Crippen LogP) is 4.33. The minimum atomic E-state index is -0.581. The molecule has 0 aliphatic carbocycles. The highest BCUT2D eigenvalue weighted by molar-refractivity contribution is 6.33. The van der Waals surface area contributed by atoms with Crippen molar-refractivity contribution in [2.24, 2.45) is 5.41 Å². The average Bonchev–Trinajstić information content (AvgIpc) is 2.90. The maximum atomic E-state index is 12.2. The molecule has 3 rings (SSSR count). The zero-order valence-corrected chi connectivity index (χ0v) is 16.7. The number of nitro groups is 1. The number of benzene rings is 1. The van der Waals surface area contributed by atoms with Crippen LogP contribution >= 0.6 is 11.6 Å². The summed E-state index contributed by atoms with van der Waals surface area (Å²) in [6.45, 7) is 7.77. The van der Waals surface area contributed by atoms with E-state index in [9.17, 15) is 14.9 Å². The lowest BCUT2D eigenvalue weighted by molar-refractivity contribution is -0.384. The van der Waals surface area contributed by atoms with Gasteiger partial charge in [0, 0.05) is 29.8 Å². The van der Waals surface area contributed by atoms with Gasteiger partial charge in [-0.15, -0.1) is 0 Å². The zero-order chi connectivity index (χ0) is 20.6. The van der Waals surface area contributed by atoms with Gasteiger partial charge in [0.05, 0.1) is 10.4 Å². The fourth-order valence-corrected chi connectivity index (χ4v) is 2.98. The summed E-state index contributed by atoms with van der Waals surface area (Å²) in [6, 6.07) is 8.20. The Bertz CT molecular complexity index is 1070. The number of nitrogens with zero attached hydrogens (tertiary/aromatic N) is 4. The first-order valence-corrected chi connectivity index (χ1v) is 9.02. The number of halogens is 1. The van der Waals surface area contributed by atoms with Crippen LogP contribution in [0.2, 0.25) is 5.15 Å². The van der Waals surface area contributed by atoms with Gasteiger partial charge in [-0.05, 0) is 18.6 Å². The number of carbonyl (C=O) groups excluding carboxylic acids is 1. The average molecular weight is 402 g/mol. The SMILES string of the molecule is Cc1cc2nc(NC(=O)C(C)(C)C)nc(Cl)c2n1Cc1ccc([N+](=O)[O-])cc1. The quantitative estimate of drug-likeness (QED) is 0.398. The molecule has 0 aliphatic heterocycles. The minimum Gasteiger partial charge on any atom is -0.337 e. The molecule has 8 nitrogen and oxygen atoms in total. The molecule has 0 aliphatic rings. The van der Waals surface area contributed by atoms with Crippen molar-refractivity contribution in [3.05, 3.63) is 56.9 Å². The molecular weight excluding hydrogens is 382 g/mol. The predicted molar refractivity (Wildman–Crippen MR) is 108 cm³/mol. The second-order valence-corrected chi connectivity index (χ2v) is 7.93. The van der Waals surface area contributed by atoms with Crippen molar-refractivity contribution in [2.45, 2.75) is 34.2 Å². The van der Waals surface area contributed by atoms with E-state index in [1.165, 1.54) is 12.1 Å². The van der Waals surface area contributed by atoms with Gasteiger partial charge in [0.2, 0.25) is 11.9 Å². The number of fused-ring (bicyclic) bond motifs is 1. The molecule has 146 valence electrons. The molecule has 2 heterocycles. The number of aryl methyl sites for hydroxylation is 1. The van der Waals surface area contributed by atoms with Crippen LogP contribution < -0.4 is 5.32 Å². The first kappa shape index (κ1) is 19.8. The van der Waals surface area contributed by atoms with Crippen molar-refractivity contribution >= 4 is 40.2 Å². The summed E-state index contributed by atoms with van der Waals surface area (Å²) in [6.07, 6.45) is 0. The molecule has 2 aromatic heterocycles. The van der Waals surface area contributed by atoms with Crippen LogP contribution in [0.4, 0.5) is 11.6 Å². The number of anilines is 1. The fourth-order valence-electron chi connectivity index (χ4n) is 2.70. The van der Waals surface area contributed by atoms with Crippen LogP contribution in [0.25, 0.3) is 11.0 Å². The van der Waals surface area contributed by atoms with Gasteiger partial charge >= 0.3 is 0 Å². The molecule has 0 spiro atoms. The Morgan fingerprint density at radius 1 is 1.25 bits per heavy atom. The second-order valence-electron chi connectivity index (χ2n) is 7.57. The van der Waals surface area contributed by atoms with Crippen molar-refractivity contribution in [1.82, 2.24) is 14.5 Å². The van der Waals surface area contributed by atoms with E-state index in [2.05, 4.69) is 15.3 Å². The molecule has 0 bridgehead atoms. The number of carbonyl (C=O) groups is 1. The zero-order valence-electron chi connectivity index (χ0n) is 16.0. The van der Waals surface area contributed by atoms with Gasteiger partial charge in [-0.25, -0.2) is 4.98 Å². The molecule has 0 saturated heterocycles. The lowest BCUT2D eigenvalue weighted by Crippen LogP contribution is -2.28. The van der Waals surface area contributed by atoms with Gasteiger partial charge in [-0.1, -0.05) is 44.5 Å². The molecule has 0 radical (unpaired) electrons. The lowest BCUT2D eigenvalue weighted by atomic mass is 9.96. The molecule has 1 N–H and O–H groups in total. The van der Waals surface area contributed by atoms with Crippen LogP contribution in [0.3, 0.4) is 0 Å². The summed E-state index contributed by atoms with van der Waals surface area (Å²) >= 11 is 6.40. The Labute approximate surface area is 166 Å². The number of non-ortho nitro benzene ring substituents is 1. The third-order valence-electron chi connectivity index (χ3n) is 4.30. The molecule has 0 unspecified atom stereocenters. The van der Waals surface area contributed by atoms with Gasteiger partial charge in [0.15, 0.2) is 5.15 Å². The van der Waals surface area contributed by atoms with E-state index in [4.69, 9.17) is 11.6 Å². The summed E-state index contributed by atoms with van der Waals surface area (Å²) in [7, 11) is 0. The van der Waals surface area contributed by atoms with Gasteiger partial charge in [0.1, 0.15) is 5.52 Å². The summed E-state index contributed by atoms with van der Waals surface area (Å²) in [4.78, 5) is 31.2. The number of aromatic nitrogens is 3. The molecule has 0 atom stereocenters. The summed E-state index contributed by atoms with van der Waals surface area (Å²) in [5.74, 6) is -0.0464. The van der Waals surface area contributed by atoms with E-state index in [0.29, 0.717) is 17.6 Å². The Kier molecular flexibility index (Phi) is 5.08. The van der Waals surface area contributed by atoms with Gasteiger partial charge < -0.3 is 4.57 Å². The maximum Gasteiger partial charge on any atom is 0.269 e. The number of hydrogen-bond donors (Lipinski definition) is 1. The Balaban J connectivity index is 1.95. The number of hydrogen-bond acceptors (Lipinski definition) is 5. The third kappa shape index (κ3) is 3.96. The van der Waals surface area contributed by atoms with E-state index >= 15 is 0 Å². The van der Waals surface area contributed by atoms with Crippen molar-refractivity contribution in [2.75, 3.05) is 5.32 Å². The van der Waals surface area contributed by atoms with E-state index in [-0.39, 0.29) is 22.7 Å². The van der Waals surface area contributed by atoms with Crippen LogP contribution in [0.1, 0.15) is 32.0 Å². The van der Waals surface area contributed by atoms with Crippen LogP contribution in [-0.4, -0.2) is 25.4 Å². The molecular formula is C19H20ClN5O3. The molecule has 9 heteroatoms. The van der Waals surface area contributed by atoms with Crippen molar-refractivity contribution < 1.29 is 9.72 Å². The summed E-state index contributed by atoms with van der Waals surface area (Å²) in [5, 5.41) is 13.7. The lowest BCUT2D eigenvalue weighted by Gasteiger charge is -2.16. The normalized spacial score (nSPS) is 11.6. The van der Waals surface area contributed by atoms with Crippen molar-refractivity contribution in [3.63, 3.8) is 0 Å². The Morgan fingerprint density at radius 3 is 2.46 bits per heavy atom. The van der Waals surface area contributed by atoms with Crippen molar-refractivity contribution in [1.29, 1.82) is 0 Å². The first-order chi connectivity index (χ1) is 13.1. The Morgan fingerprint density at radius 2 is 1.89 bits per heavy atom. The highest BCUT2D eigenvalue weighted by Crippen LogP contribution is 2.27. The van der Waals surface area contributed by atoms with Gasteiger partial charge in [0.25, 0.3) is 5.69 Å². The Hall–Kier alpha value is -3.00. The van der Waals surface area contributed by atoms with Crippen LogP contribution in [0.15, 0.2) is 30.3 Å². The number of nitrogens with one attached hydrogen (secondary N) is 1. The maximum absolute atomic E-state index is 12.2. The minimum absolute atomic E-state index is 0.0402. The van der Waals surface area contributed by atoms with E-state index in [0.717, 1.165) is 11.3 Å². The van der Waals surface area contributed by atoms with E-state index in [1.807, 2.05) is 17.6 Å². The van der Waals surface area contributed by atoms with Crippen molar-refractivity contribution in [3.8, 4) is 0 Å². The highest BCUT2D eigenvalue weighted by Gasteiger charge is 2.23. The second kappa shape index (κ2) is 7.20. The standard InChI is InChI=1S/C19H20ClN5O3/c1-11-9-14-15(16(20)22-18(21-14)23-17(26)19(2,3)4)24(11)10-12-5-7-13(8-6-12)25(27)28/h5-9H,10H2,1-4H3,(H,21,22,23,26). The molecule has 28 heavy (non-hydrogen) atoms. The molecule has 1 aromatic carbocycles. The third-order valence-corrected chi connectivity index (χ3v) is 4.57. The van der Waals surface area contributed by atoms with E-state index in [1.54, 1.807) is 32.9 Å². The number of nitro benzene ring substituents is 1. The first-order valence-electron chi connectivity index (χ1n) is 8.64.